The highest BCUT2D eigenvalue weighted by Crippen LogP contribution is 2.36. The van der Waals surface area contributed by atoms with Crippen LogP contribution in [0, 0.1) is 0 Å². The van der Waals surface area contributed by atoms with Crippen molar-refractivity contribution in [2.45, 2.75) is 64.2 Å². The molecule has 21 heavy (non-hydrogen) atoms. The Bertz CT molecular complexity index is 406. The van der Waals surface area contributed by atoms with Crippen LogP contribution in [0.4, 0.5) is 0 Å². The third kappa shape index (κ3) is 4.04. The molecule has 1 aromatic rings. The van der Waals surface area contributed by atoms with Gasteiger partial charge in [0.1, 0.15) is 0 Å². The van der Waals surface area contributed by atoms with Crippen LogP contribution in [0.2, 0.25) is 0 Å². The van der Waals surface area contributed by atoms with E-state index in [1.807, 2.05) is 0 Å². The molecule has 1 fully saturated rings. The van der Waals surface area contributed by atoms with Crippen molar-refractivity contribution in [3.05, 3.63) is 11.7 Å². The highest BCUT2D eigenvalue weighted by molar-refractivity contribution is 5.07. The van der Waals surface area contributed by atoms with E-state index < -0.39 is 0 Å². The average Bonchev–Trinajstić information content (AvgIpc) is 2.86. The Morgan fingerprint density at radius 2 is 1.81 bits per heavy atom. The lowest BCUT2D eigenvalue weighted by Crippen LogP contribution is -2.35. The van der Waals surface area contributed by atoms with E-state index in [4.69, 9.17) is 10.3 Å². The van der Waals surface area contributed by atoms with Gasteiger partial charge in [0, 0.05) is 19.5 Å². The summed E-state index contributed by atoms with van der Waals surface area (Å²) < 4.78 is 5.59. The van der Waals surface area contributed by atoms with Gasteiger partial charge in [-0.1, -0.05) is 44.7 Å². The van der Waals surface area contributed by atoms with Crippen LogP contribution in [-0.4, -0.2) is 41.2 Å². The Labute approximate surface area is 128 Å². The lowest BCUT2D eigenvalue weighted by atomic mass is 9.80. The molecular formula is C16H30N4O. The Balaban J connectivity index is 2.03. The normalized spacial score (nSPS) is 18.9. The highest BCUT2D eigenvalue weighted by atomic mass is 16.5. The van der Waals surface area contributed by atoms with E-state index in [2.05, 4.69) is 28.9 Å². The van der Waals surface area contributed by atoms with Crippen molar-refractivity contribution in [3.8, 4) is 0 Å². The summed E-state index contributed by atoms with van der Waals surface area (Å²) >= 11 is 0. The molecule has 0 atom stereocenters. The largest absolute Gasteiger partial charge is 0.339 e. The van der Waals surface area contributed by atoms with Gasteiger partial charge in [0.2, 0.25) is 5.89 Å². The second kappa shape index (κ2) is 7.90. The Morgan fingerprint density at radius 1 is 1.14 bits per heavy atom. The van der Waals surface area contributed by atoms with Crippen molar-refractivity contribution in [2.24, 2.45) is 5.73 Å². The summed E-state index contributed by atoms with van der Waals surface area (Å²) in [6, 6.07) is 0. The second-order valence-electron chi connectivity index (χ2n) is 6.19. The first-order chi connectivity index (χ1) is 10.2. The molecule has 0 spiro atoms. The molecule has 0 amide bonds. The molecular weight excluding hydrogens is 264 g/mol. The van der Waals surface area contributed by atoms with Crippen molar-refractivity contribution in [3.63, 3.8) is 0 Å². The Hall–Kier alpha value is -0.940. The topological polar surface area (TPSA) is 68.2 Å². The van der Waals surface area contributed by atoms with Crippen LogP contribution in [-0.2, 0) is 11.8 Å². The standard InChI is InChI=1S/C16H30N4O/c1-3-20(4-2)12-9-14-18-15(21-19-14)16(13-17)10-7-5-6-8-11-16/h3-13,17H2,1-2H3. The maximum atomic E-state index is 6.08. The Morgan fingerprint density at radius 3 is 2.38 bits per heavy atom. The summed E-state index contributed by atoms with van der Waals surface area (Å²) in [5, 5.41) is 4.19. The zero-order valence-electron chi connectivity index (χ0n) is 13.6. The van der Waals surface area contributed by atoms with Crippen molar-refractivity contribution in [1.82, 2.24) is 15.0 Å². The maximum absolute atomic E-state index is 6.08. The molecule has 1 heterocycles. The summed E-state index contributed by atoms with van der Waals surface area (Å²) in [5.74, 6) is 1.61. The SMILES string of the molecule is CCN(CC)CCc1noc(C2(CN)CCCCCC2)n1. The molecule has 5 heteroatoms. The van der Waals surface area contributed by atoms with Gasteiger partial charge in [-0.05, 0) is 25.9 Å². The molecule has 1 aliphatic rings. The summed E-state index contributed by atoms with van der Waals surface area (Å²) in [6.45, 7) is 8.09. The number of hydrogen-bond acceptors (Lipinski definition) is 5. The molecule has 0 aliphatic heterocycles. The van der Waals surface area contributed by atoms with Gasteiger partial charge in [-0.15, -0.1) is 0 Å². The summed E-state index contributed by atoms with van der Waals surface area (Å²) in [5.41, 5.74) is 6.01. The lowest BCUT2D eigenvalue weighted by Gasteiger charge is -2.26. The molecule has 5 nitrogen and oxygen atoms in total. The minimum absolute atomic E-state index is 0.0725. The quantitative estimate of drug-likeness (QED) is 0.783. The van der Waals surface area contributed by atoms with Gasteiger partial charge >= 0.3 is 0 Å². The van der Waals surface area contributed by atoms with Crippen molar-refractivity contribution >= 4 is 0 Å². The van der Waals surface area contributed by atoms with Gasteiger partial charge in [-0.2, -0.15) is 4.98 Å². The van der Waals surface area contributed by atoms with Gasteiger partial charge in [-0.3, -0.25) is 0 Å². The molecule has 2 rings (SSSR count). The number of hydrogen-bond donors (Lipinski definition) is 1. The van der Waals surface area contributed by atoms with Gasteiger partial charge in [0.25, 0.3) is 0 Å². The molecule has 0 saturated heterocycles. The molecule has 2 N–H and O–H groups in total. The lowest BCUT2D eigenvalue weighted by molar-refractivity contribution is 0.255. The van der Waals surface area contributed by atoms with Crippen LogP contribution in [0.5, 0.6) is 0 Å². The fraction of sp³-hybridized carbons (Fsp3) is 0.875. The van der Waals surface area contributed by atoms with E-state index in [1.54, 1.807) is 0 Å². The number of likely N-dealkylation sites (N-methyl/N-ethyl adjacent to an activating group) is 1. The van der Waals surface area contributed by atoms with Crippen LogP contribution >= 0.6 is 0 Å². The van der Waals surface area contributed by atoms with Gasteiger partial charge < -0.3 is 15.2 Å². The predicted molar refractivity (Wildman–Crippen MR) is 84.2 cm³/mol. The van der Waals surface area contributed by atoms with Gasteiger partial charge in [0.15, 0.2) is 5.82 Å². The first kappa shape index (κ1) is 16.4. The number of aromatic nitrogens is 2. The second-order valence-corrected chi connectivity index (χ2v) is 6.19. The summed E-state index contributed by atoms with van der Waals surface area (Å²) in [7, 11) is 0. The third-order valence-corrected chi connectivity index (χ3v) is 4.92. The smallest absolute Gasteiger partial charge is 0.234 e. The first-order valence-electron chi connectivity index (χ1n) is 8.49. The fourth-order valence-corrected chi connectivity index (χ4v) is 3.28. The monoisotopic (exact) mass is 294 g/mol. The van der Waals surface area contributed by atoms with Gasteiger partial charge in [-0.25, -0.2) is 0 Å². The van der Waals surface area contributed by atoms with Crippen LogP contribution in [0.15, 0.2) is 4.52 Å². The number of nitrogens with two attached hydrogens (primary N) is 1. The highest BCUT2D eigenvalue weighted by Gasteiger charge is 2.37. The minimum atomic E-state index is -0.0725. The van der Waals surface area contributed by atoms with Crippen molar-refractivity contribution in [2.75, 3.05) is 26.2 Å². The maximum Gasteiger partial charge on any atom is 0.234 e. The van der Waals surface area contributed by atoms with Crippen LogP contribution < -0.4 is 5.73 Å². The molecule has 0 bridgehead atoms. The number of nitrogens with zero attached hydrogens (tertiary/aromatic N) is 3. The minimum Gasteiger partial charge on any atom is -0.339 e. The van der Waals surface area contributed by atoms with E-state index in [1.165, 1.54) is 25.7 Å². The van der Waals surface area contributed by atoms with E-state index in [0.717, 1.165) is 50.6 Å². The van der Waals surface area contributed by atoms with Crippen LogP contribution in [0.3, 0.4) is 0 Å². The van der Waals surface area contributed by atoms with Crippen LogP contribution in [0.25, 0.3) is 0 Å². The third-order valence-electron chi connectivity index (χ3n) is 4.92. The fourth-order valence-electron chi connectivity index (χ4n) is 3.28. The molecule has 120 valence electrons. The first-order valence-corrected chi connectivity index (χ1v) is 8.49. The average molecular weight is 294 g/mol. The van der Waals surface area contributed by atoms with E-state index in [-0.39, 0.29) is 5.41 Å². The molecule has 1 saturated carbocycles. The van der Waals surface area contributed by atoms with E-state index in [0.29, 0.717) is 6.54 Å². The zero-order chi connectivity index (χ0) is 15.1. The van der Waals surface area contributed by atoms with Crippen molar-refractivity contribution < 1.29 is 4.52 Å². The van der Waals surface area contributed by atoms with Gasteiger partial charge in [0.05, 0.1) is 5.41 Å². The predicted octanol–water partition coefficient (Wildman–Crippen LogP) is 2.50. The zero-order valence-corrected chi connectivity index (χ0v) is 13.6. The number of rotatable bonds is 7. The van der Waals surface area contributed by atoms with E-state index >= 15 is 0 Å². The van der Waals surface area contributed by atoms with E-state index in [9.17, 15) is 0 Å². The molecule has 1 aliphatic carbocycles. The molecule has 0 radical (unpaired) electrons. The van der Waals surface area contributed by atoms with Crippen molar-refractivity contribution in [1.29, 1.82) is 0 Å². The summed E-state index contributed by atoms with van der Waals surface area (Å²) in [4.78, 5) is 7.05. The molecule has 0 aromatic carbocycles. The summed E-state index contributed by atoms with van der Waals surface area (Å²) in [6.07, 6.45) is 8.05. The van der Waals surface area contributed by atoms with Crippen LogP contribution in [0.1, 0.15) is 64.1 Å². The molecule has 1 aromatic heterocycles. The molecule has 0 unspecified atom stereocenters. The Kier molecular flexibility index (Phi) is 6.18.